The minimum atomic E-state index is -0.307. The monoisotopic (exact) mass is 425 g/mol. The Balaban J connectivity index is 1.51. The van der Waals surface area contributed by atoms with Crippen molar-refractivity contribution < 1.29 is 4.79 Å². The molecule has 2 N–H and O–H groups in total. The molecule has 0 aliphatic carbocycles. The number of hydrogen-bond acceptors (Lipinski definition) is 6. The summed E-state index contributed by atoms with van der Waals surface area (Å²) in [5.74, 6) is 0.452. The fourth-order valence-corrected chi connectivity index (χ4v) is 6.03. The highest BCUT2D eigenvalue weighted by Gasteiger charge is 2.51. The molecule has 3 atom stereocenters. The Labute approximate surface area is 181 Å². The highest BCUT2D eigenvalue weighted by atomic mass is 32.1. The summed E-state index contributed by atoms with van der Waals surface area (Å²) in [6.07, 6.45) is 2.85. The molecule has 1 aromatic heterocycles. The molecule has 4 rings (SSSR count). The number of urea groups is 1. The second kappa shape index (κ2) is 8.34. The van der Waals surface area contributed by atoms with Gasteiger partial charge in [0.1, 0.15) is 6.04 Å². The maximum Gasteiger partial charge on any atom is 0.421 e. The number of hydrogen-bond donors (Lipinski definition) is 1. The smallest absolute Gasteiger partial charge is 0.369 e. The first-order valence-corrected chi connectivity index (χ1v) is 11.3. The van der Waals surface area contributed by atoms with Crippen molar-refractivity contribution in [3.05, 3.63) is 30.5 Å². The van der Waals surface area contributed by atoms with E-state index in [2.05, 4.69) is 59.0 Å². The highest BCUT2D eigenvalue weighted by Crippen LogP contribution is 2.41. The molecule has 1 aromatic carbocycles. The lowest BCUT2D eigenvalue weighted by atomic mass is 10.1. The minimum absolute atomic E-state index is 0.151. The molecule has 7 nitrogen and oxygen atoms in total. The summed E-state index contributed by atoms with van der Waals surface area (Å²) in [5.41, 5.74) is 8.17. The van der Waals surface area contributed by atoms with Gasteiger partial charge in [-0.3, -0.25) is 4.90 Å². The highest BCUT2D eigenvalue weighted by molar-refractivity contribution is 7.18. The quantitative estimate of drug-likeness (QED) is 0.600. The largest absolute Gasteiger partial charge is 0.421 e. The number of nitrogens with two attached hydrogens (primary N) is 1. The third-order valence-electron chi connectivity index (χ3n) is 6.51. The number of likely N-dealkylation sites (tertiary alicyclic amines) is 1. The van der Waals surface area contributed by atoms with Crippen LogP contribution < -0.4 is 15.1 Å². The van der Waals surface area contributed by atoms with E-state index < -0.39 is 0 Å². The van der Waals surface area contributed by atoms with E-state index in [4.69, 9.17) is 11.0 Å². The number of primary amides is 1. The van der Waals surface area contributed by atoms with Gasteiger partial charge in [-0.1, -0.05) is 30.4 Å². The van der Waals surface area contributed by atoms with Crippen LogP contribution in [-0.2, 0) is 0 Å². The van der Waals surface area contributed by atoms with Crippen LogP contribution in [0.15, 0.2) is 30.5 Å². The van der Waals surface area contributed by atoms with Gasteiger partial charge < -0.3 is 10.6 Å². The van der Waals surface area contributed by atoms with Crippen molar-refractivity contribution >= 4 is 28.2 Å². The number of quaternary nitrogens is 1. The topological polar surface area (TPSA) is 86.2 Å². The molecule has 2 amide bonds. The molecule has 2 aromatic rings. The van der Waals surface area contributed by atoms with Gasteiger partial charge in [-0.25, -0.2) is 4.79 Å². The summed E-state index contributed by atoms with van der Waals surface area (Å²) in [4.78, 5) is 22.7. The summed E-state index contributed by atoms with van der Waals surface area (Å²) in [6.45, 7) is 9.19. The number of piperazine rings is 1. The van der Waals surface area contributed by atoms with Gasteiger partial charge in [0, 0.05) is 44.2 Å². The molecule has 8 heteroatoms. The summed E-state index contributed by atoms with van der Waals surface area (Å²) >= 11 is 1.57. The zero-order valence-electron chi connectivity index (χ0n) is 17.6. The Hall–Kier alpha value is -2.47. The number of nitrogens with zero attached hydrogens (tertiary/aromatic N) is 5. The van der Waals surface area contributed by atoms with Crippen LogP contribution in [0.3, 0.4) is 0 Å². The van der Waals surface area contributed by atoms with Gasteiger partial charge in [0.15, 0.2) is 0 Å². The van der Waals surface area contributed by atoms with Crippen LogP contribution in [0.5, 0.6) is 0 Å². The molecule has 0 bridgehead atoms. The van der Waals surface area contributed by atoms with Gasteiger partial charge in [0.05, 0.1) is 30.2 Å². The van der Waals surface area contributed by atoms with Gasteiger partial charge in [-0.05, 0) is 24.6 Å². The summed E-state index contributed by atoms with van der Waals surface area (Å²) in [6, 6.07) is 10.6. The molecule has 0 radical (unpaired) electrons. The predicted molar refractivity (Wildman–Crippen MR) is 121 cm³/mol. The lowest BCUT2D eigenvalue weighted by Gasteiger charge is -2.35. The average Bonchev–Trinajstić information content (AvgIpc) is 3.34. The number of rotatable bonds is 4. The van der Waals surface area contributed by atoms with Crippen LogP contribution in [-0.4, -0.2) is 61.2 Å². The molecule has 3 heterocycles. The molecule has 2 fully saturated rings. The Morgan fingerprint density at radius 3 is 2.53 bits per heavy atom. The molecule has 2 unspecified atom stereocenters. The van der Waals surface area contributed by atoms with Crippen molar-refractivity contribution in [1.29, 1.82) is 5.26 Å². The molecule has 0 spiro atoms. The van der Waals surface area contributed by atoms with Crippen LogP contribution in [0.4, 0.5) is 15.6 Å². The number of aromatic nitrogens is 1. The van der Waals surface area contributed by atoms with Crippen LogP contribution in [0.25, 0.3) is 10.4 Å². The Kier molecular flexibility index (Phi) is 5.78. The molecule has 0 saturated carbocycles. The Bertz CT molecular complexity index is 943. The van der Waals surface area contributed by atoms with E-state index in [1.54, 1.807) is 11.3 Å². The Morgan fingerprint density at radius 1 is 1.27 bits per heavy atom. The lowest BCUT2D eigenvalue weighted by Crippen LogP contribution is -2.59. The van der Waals surface area contributed by atoms with Crippen molar-refractivity contribution in [2.24, 2.45) is 11.7 Å². The number of nitriles is 1. The molecular weight excluding hydrogens is 396 g/mol. The van der Waals surface area contributed by atoms with Gasteiger partial charge in [-0.2, -0.15) is 14.7 Å². The van der Waals surface area contributed by atoms with Crippen LogP contribution in [0.2, 0.25) is 0 Å². The van der Waals surface area contributed by atoms with Crippen molar-refractivity contribution in [3.63, 3.8) is 0 Å². The van der Waals surface area contributed by atoms with E-state index in [1.165, 1.54) is 5.69 Å². The van der Waals surface area contributed by atoms with Gasteiger partial charge >= 0.3 is 6.03 Å². The zero-order chi connectivity index (χ0) is 21.3. The van der Waals surface area contributed by atoms with Crippen LogP contribution in [0.1, 0.15) is 20.3 Å². The molecule has 2 aliphatic heterocycles. The molecule has 2 aliphatic rings. The number of benzene rings is 1. The third kappa shape index (κ3) is 3.69. The normalized spacial score (nSPS) is 27.2. The number of amides is 2. The molecule has 30 heavy (non-hydrogen) atoms. The number of thiazole rings is 1. The second-order valence-electron chi connectivity index (χ2n) is 8.55. The molecular formula is C22H29N6OS+. The fourth-order valence-electron chi connectivity index (χ4n) is 4.86. The van der Waals surface area contributed by atoms with Crippen LogP contribution >= 0.6 is 11.3 Å². The maximum absolute atomic E-state index is 12.4. The Morgan fingerprint density at radius 2 is 1.97 bits per heavy atom. The van der Waals surface area contributed by atoms with Crippen molar-refractivity contribution in [3.8, 4) is 16.5 Å². The van der Waals surface area contributed by atoms with E-state index in [0.717, 1.165) is 54.7 Å². The second-order valence-corrected chi connectivity index (χ2v) is 9.56. The minimum Gasteiger partial charge on any atom is -0.369 e. The van der Waals surface area contributed by atoms with Gasteiger partial charge in [-0.15, -0.1) is 0 Å². The first kappa shape index (κ1) is 20.8. The predicted octanol–water partition coefficient (Wildman–Crippen LogP) is 3.27. The zero-order valence-corrected chi connectivity index (χ0v) is 18.4. The van der Waals surface area contributed by atoms with Gasteiger partial charge in [0.2, 0.25) is 0 Å². The number of anilines is 1. The van der Waals surface area contributed by atoms with Crippen molar-refractivity contribution in [2.75, 3.05) is 44.2 Å². The number of carbonyl (C=O) groups is 1. The van der Waals surface area contributed by atoms with E-state index >= 15 is 0 Å². The summed E-state index contributed by atoms with van der Waals surface area (Å²) < 4.78 is 0.164. The fraction of sp³-hybridized carbons (Fsp3) is 0.500. The van der Waals surface area contributed by atoms with Crippen molar-refractivity contribution in [2.45, 2.75) is 26.3 Å². The third-order valence-corrected chi connectivity index (χ3v) is 7.68. The van der Waals surface area contributed by atoms with E-state index in [9.17, 15) is 4.79 Å². The lowest BCUT2D eigenvalue weighted by molar-refractivity contribution is 0.205. The van der Waals surface area contributed by atoms with Crippen LogP contribution in [0, 0.1) is 17.2 Å². The maximum atomic E-state index is 12.4. The first-order chi connectivity index (χ1) is 14.4. The van der Waals surface area contributed by atoms with E-state index in [1.807, 2.05) is 6.20 Å². The van der Waals surface area contributed by atoms with E-state index in [-0.39, 0.29) is 16.6 Å². The van der Waals surface area contributed by atoms with Gasteiger partial charge in [0.25, 0.3) is 5.13 Å². The standard InChI is InChI=1S/C22H28N6OS/c1-16-13-17(2)28(15-16,21(24)29)22-25-14-20(30-22)18-3-5-19(6-4-18)27-11-9-26(8-7-23)10-12-27/h3-6,14,16-17H,8-13,15H2,1-2H3,(H-,24,29)/p+1/t16-,17?,28?/m0/s1. The molecule has 158 valence electrons. The summed E-state index contributed by atoms with van der Waals surface area (Å²) in [7, 11) is 0. The number of carbonyl (C=O) groups excluding carboxylic acids is 1. The van der Waals surface area contributed by atoms with Crippen molar-refractivity contribution in [1.82, 2.24) is 14.4 Å². The SMILES string of the molecule is CC1C[C@H](C)C[N+]1(C(N)=O)c1ncc(-c2ccc(N3CCN(CC#N)CC3)cc2)s1. The van der Waals surface area contributed by atoms with E-state index in [0.29, 0.717) is 12.5 Å². The molecule has 2 saturated heterocycles. The first-order valence-electron chi connectivity index (χ1n) is 10.5. The average molecular weight is 426 g/mol. The summed E-state index contributed by atoms with van der Waals surface area (Å²) in [5, 5.41) is 9.65.